The highest BCUT2D eigenvalue weighted by Crippen LogP contribution is 2.32. The molecule has 1 aromatic heterocycles. The zero-order chi connectivity index (χ0) is 15.1. The Kier molecular flexibility index (Phi) is 3.05. The summed E-state index contributed by atoms with van der Waals surface area (Å²) in [6, 6.07) is 8.78. The minimum Gasteiger partial charge on any atom is -0.508 e. The predicted molar refractivity (Wildman–Crippen MR) is 78.8 cm³/mol. The third-order valence-corrected chi connectivity index (χ3v) is 3.33. The third-order valence-electron chi connectivity index (χ3n) is 3.33. The quantitative estimate of drug-likeness (QED) is 0.752. The minimum atomic E-state index is -0.324. The van der Waals surface area contributed by atoms with Gasteiger partial charge in [-0.15, -0.1) is 0 Å². The molecule has 0 aliphatic rings. The van der Waals surface area contributed by atoms with Crippen molar-refractivity contribution in [3.05, 3.63) is 42.2 Å². The molecule has 4 nitrogen and oxygen atoms in total. The number of fused-ring (bicyclic) bond motifs is 1. The maximum absolute atomic E-state index is 13.5. The van der Waals surface area contributed by atoms with Crippen molar-refractivity contribution < 1.29 is 14.6 Å². The van der Waals surface area contributed by atoms with E-state index in [1.165, 1.54) is 30.3 Å². The molecule has 0 spiro atoms. The number of halogens is 1. The highest BCUT2D eigenvalue weighted by atomic mass is 19.1. The van der Waals surface area contributed by atoms with Crippen molar-refractivity contribution >= 4 is 11.0 Å². The Balaban J connectivity index is 2.33. The van der Waals surface area contributed by atoms with Crippen LogP contribution in [0, 0.1) is 5.82 Å². The molecule has 0 atom stereocenters. The number of hydrogen-bond donors (Lipinski definition) is 2. The maximum atomic E-state index is 13.5. The number of aromatic nitrogens is 2. The van der Waals surface area contributed by atoms with Crippen molar-refractivity contribution in [2.75, 3.05) is 0 Å². The van der Waals surface area contributed by atoms with Crippen LogP contribution in [0.25, 0.3) is 22.4 Å². The molecule has 5 heteroatoms. The van der Waals surface area contributed by atoms with Crippen LogP contribution in [0.5, 0.6) is 11.5 Å². The monoisotopic (exact) mass is 286 g/mol. The van der Waals surface area contributed by atoms with Gasteiger partial charge >= 0.3 is 0 Å². The number of nitrogens with zero attached hydrogens (tertiary/aromatic N) is 2. The summed E-state index contributed by atoms with van der Waals surface area (Å²) in [4.78, 5) is 4.50. The van der Waals surface area contributed by atoms with Gasteiger partial charge in [0.2, 0.25) is 0 Å². The summed E-state index contributed by atoms with van der Waals surface area (Å²) in [5.74, 6) is 0.170. The first-order valence-corrected chi connectivity index (χ1v) is 6.66. The SMILES string of the molecule is CC(C)n1c(-c2cc(O)cc(O)c2)nc2ccc(F)cc21. The molecule has 0 amide bonds. The molecule has 0 unspecified atom stereocenters. The van der Waals surface area contributed by atoms with Crippen LogP contribution in [0.2, 0.25) is 0 Å². The lowest BCUT2D eigenvalue weighted by atomic mass is 10.2. The van der Waals surface area contributed by atoms with E-state index in [0.29, 0.717) is 22.4 Å². The Hall–Kier alpha value is -2.56. The van der Waals surface area contributed by atoms with E-state index < -0.39 is 0 Å². The van der Waals surface area contributed by atoms with Crippen LogP contribution in [0.4, 0.5) is 4.39 Å². The number of rotatable bonds is 2. The molecule has 0 aliphatic heterocycles. The fraction of sp³-hybridized carbons (Fsp3) is 0.188. The Morgan fingerprint density at radius 3 is 2.33 bits per heavy atom. The van der Waals surface area contributed by atoms with Crippen LogP contribution >= 0.6 is 0 Å². The summed E-state index contributed by atoms with van der Waals surface area (Å²) in [6.45, 7) is 3.94. The molecule has 2 N–H and O–H groups in total. The van der Waals surface area contributed by atoms with Gasteiger partial charge in [-0.3, -0.25) is 0 Å². The number of benzene rings is 2. The highest BCUT2D eigenvalue weighted by Gasteiger charge is 2.16. The van der Waals surface area contributed by atoms with E-state index in [0.717, 1.165) is 0 Å². The second-order valence-corrected chi connectivity index (χ2v) is 5.27. The fourth-order valence-electron chi connectivity index (χ4n) is 2.52. The molecule has 3 aromatic rings. The van der Waals surface area contributed by atoms with Crippen molar-refractivity contribution in [1.29, 1.82) is 0 Å². The predicted octanol–water partition coefficient (Wildman–Crippen LogP) is 3.83. The van der Waals surface area contributed by atoms with Crippen LogP contribution in [0.3, 0.4) is 0 Å². The van der Waals surface area contributed by atoms with Crippen molar-refractivity contribution in [2.24, 2.45) is 0 Å². The Bertz CT molecular complexity index is 804. The van der Waals surface area contributed by atoms with E-state index in [-0.39, 0.29) is 23.4 Å². The third kappa shape index (κ3) is 2.31. The molecule has 0 radical (unpaired) electrons. The summed E-state index contributed by atoms with van der Waals surface area (Å²) in [7, 11) is 0. The Morgan fingerprint density at radius 1 is 1.05 bits per heavy atom. The largest absolute Gasteiger partial charge is 0.508 e. The Labute approximate surface area is 121 Å². The summed E-state index contributed by atoms with van der Waals surface area (Å²) in [5.41, 5.74) is 1.93. The van der Waals surface area contributed by atoms with E-state index in [1.807, 2.05) is 18.4 Å². The molecule has 3 rings (SSSR count). The number of aromatic hydroxyl groups is 2. The molecule has 0 fully saturated rings. The number of phenols is 2. The van der Waals surface area contributed by atoms with Gasteiger partial charge in [-0.1, -0.05) is 0 Å². The first-order valence-electron chi connectivity index (χ1n) is 6.66. The van der Waals surface area contributed by atoms with Crippen molar-refractivity contribution in [2.45, 2.75) is 19.9 Å². The van der Waals surface area contributed by atoms with Gasteiger partial charge in [0.05, 0.1) is 11.0 Å². The van der Waals surface area contributed by atoms with Crippen LogP contribution in [-0.4, -0.2) is 19.8 Å². The van der Waals surface area contributed by atoms with E-state index in [2.05, 4.69) is 4.98 Å². The normalized spacial score (nSPS) is 11.4. The zero-order valence-corrected chi connectivity index (χ0v) is 11.7. The van der Waals surface area contributed by atoms with Gasteiger partial charge in [0, 0.05) is 17.7 Å². The van der Waals surface area contributed by atoms with E-state index in [9.17, 15) is 14.6 Å². The summed E-state index contributed by atoms with van der Waals surface area (Å²) < 4.78 is 15.4. The smallest absolute Gasteiger partial charge is 0.141 e. The van der Waals surface area contributed by atoms with Crippen molar-refractivity contribution in [3.63, 3.8) is 0 Å². The second kappa shape index (κ2) is 4.77. The van der Waals surface area contributed by atoms with Gasteiger partial charge in [0.1, 0.15) is 23.1 Å². The Morgan fingerprint density at radius 2 is 1.71 bits per heavy atom. The minimum absolute atomic E-state index is 0.0430. The first kappa shape index (κ1) is 13.4. The molecule has 0 aliphatic carbocycles. The van der Waals surface area contributed by atoms with Crippen molar-refractivity contribution in [3.8, 4) is 22.9 Å². The molecular weight excluding hydrogens is 271 g/mol. The van der Waals surface area contributed by atoms with Gasteiger partial charge < -0.3 is 14.8 Å². The molecular formula is C16H15FN2O2. The lowest BCUT2D eigenvalue weighted by molar-refractivity contribution is 0.451. The van der Waals surface area contributed by atoms with Crippen LogP contribution in [0.1, 0.15) is 19.9 Å². The average molecular weight is 286 g/mol. The fourth-order valence-corrected chi connectivity index (χ4v) is 2.52. The van der Waals surface area contributed by atoms with Gasteiger partial charge in [-0.25, -0.2) is 9.37 Å². The standard InChI is InChI=1S/C16H15FN2O2/c1-9(2)19-15-7-11(17)3-4-14(15)18-16(19)10-5-12(20)8-13(21)6-10/h3-9,20-21H,1-2H3. The maximum Gasteiger partial charge on any atom is 0.141 e. The van der Waals surface area contributed by atoms with Gasteiger partial charge in [0.25, 0.3) is 0 Å². The molecule has 0 bridgehead atoms. The lowest BCUT2D eigenvalue weighted by Gasteiger charge is -2.13. The summed E-state index contributed by atoms with van der Waals surface area (Å²) >= 11 is 0. The lowest BCUT2D eigenvalue weighted by Crippen LogP contribution is -2.03. The number of imidazole rings is 1. The molecule has 2 aromatic carbocycles. The summed E-state index contributed by atoms with van der Waals surface area (Å²) in [5, 5.41) is 19.3. The highest BCUT2D eigenvalue weighted by molar-refractivity contribution is 5.81. The molecule has 1 heterocycles. The average Bonchev–Trinajstić information content (AvgIpc) is 2.76. The first-order chi connectivity index (χ1) is 9.95. The molecule has 0 saturated carbocycles. The van der Waals surface area contributed by atoms with Crippen LogP contribution in [-0.2, 0) is 0 Å². The van der Waals surface area contributed by atoms with E-state index in [4.69, 9.17) is 0 Å². The molecule has 0 saturated heterocycles. The van der Waals surface area contributed by atoms with E-state index >= 15 is 0 Å². The van der Waals surface area contributed by atoms with Crippen LogP contribution in [0.15, 0.2) is 36.4 Å². The second-order valence-electron chi connectivity index (χ2n) is 5.27. The van der Waals surface area contributed by atoms with Gasteiger partial charge in [-0.05, 0) is 44.2 Å². The topological polar surface area (TPSA) is 58.3 Å². The van der Waals surface area contributed by atoms with Gasteiger partial charge in [0.15, 0.2) is 0 Å². The van der Waals surface area contributed by atoms with E-state index in [1.54, 1.807) is 6.07 Å². The number of phenolic OH excluding ortho intramolecular Hbond substituents is 2. The molecule has 21 heavy (non-hydrogen) atoms. The number of hydrogen-bond acceptors (Lipinski definition) is 3. The van der Waals surface area contributed by atoms with Gasteiger partial charge in [-0.2, -0.15) is 0 Å². The summed E-state index contributed by atoms with van der Waals surface area (Å²) in [6.07, 6.45) is 0. The van der Waals surface area contributed by atoms with Crippen LogP contribution < -0.4 is 0 Å². The molecule has 108 valence electrons. The van der Waals surface area contributed by atoms with Crippen molar-refractivity contribution in [1.82, 2.24) is 9.55 Å². The zero-order valence-electron chi connectivity index (χ0n) is 11.7.